The molecule has 1 aliphatic heterocycles. The highest BCUT2D eigenvalue weighted by atomic mass is 31.2. The summed E-state index contributed by atoms with van der Waals surface area (Å²) in [6.07, 6.45) is -4.09. The lowest BCUT2D eigenvalue weighted by atomic mass is 9.98. The zero-order chi connectivity index (χ0) is 29.9. The molecule has 14 heteroatoms. The van der Waals surface area contributed by atoms with Crippen LogP contribution in [0.25, 0.3) is 10.8 Å². The van der Waals surface area contributed by atoms with Crippen LogP contribution in [0.4, 0.5) is 4.39 Å². The number of H-pyrrole nitrogens is 1. The first-order valence-electron chi connectivity index (χ1n) is 12.7. The van der Waals surface area contributed by atoms with Gasteiger partial charge < -0.3 is 19.1 Å². The van der Waals surface area contributed by atoms with E-state index in [4.69, 9.17) is 18.5 Å². The van der Waals surface area contributed by atoms with Gasteiger partial charge in [-0.3, -0.25) is 23.7 Å². The maximum atomic E-state index is 15.6. The Labute approximate surface area is 234 Å². The number of hydrogen-bond donors (Lipinski definition) is 3. The van der Waals surface area contributed by atoms with Crippen molar-refractivity contribution < 1.29 is 37.4 Å². The molecule has 0 bridgehead atoms. The number of aliphatic hydroxyl groups is 1. The van der Waals surface area contributed by atoms with E-state index in [1.807, 2.05) is 23.2 Å². The van der Waals surface area contributed by atoms with Crippen molar-refractivity contribution in [3.8, 4) is 5.75 Å². The van der Waals surface area contributed by atoms with Crippen LogP contribution in [0.15, 0.2) is 77.0 Å². The lowest BCUT2D eigenvalue weighted by molar-refractivity contribution is -0.149. The zero-order valence-corrected chi connectivity index (χ0v) is 23.5. The molecule has 0 spiro atoms. The van der Waals surface area contributed by atoms with Gasteiger partial charge in [-0.25, -0.2) is 13.8 Å². The molecular formula is C27H31FN3O9P. The maximum absolute atomic E-state index is 15.6. The van der Waals surface area contributed by atoms with Crippen molar-refractivity contribution >= 4 is 24.5 Å². The van der Waals surface area contributed by atoms with Gasteiger partial charge in [0.25, 0.3) is 5.56 Å². The Morgan fingerprint density at radius 3 is 2.63 bits per heavy atom. The molecule has 0 radical (unpaired) electrons. The largest absolute Gasteiger partial charge is 0.462 e. The monoisotopic (exact) mass is 591 g/mol. The Hall–Kier alpha value is -3.61. The molecule has 0 amide bonds. The van der Waals surface area contributed by atoms with Crippen LogP contribution >= 0.6 is 7.75 Å². The average molecular weight is 592 g/mol. The van der Waals surface area contributed by atoms with E-state index in [0.29, 0.717) is 5.39 Å². The summed E-state index contributed by atoms with van der Waals surface area (Å²) in [7, 11) is -4.50. The van der Waals surface area contributed by atoms with E-state index in [1.165, 1.54) is 6.92 Å². The number of alkyl halides is 1. The summed E-state index contributed by atoms with van der Waals surface area (Å²) in [4.78, 5) is 38.3. The standard InChI is InChI=1S/C27H31FN3O9P/c1-5-27(23(28)22(33)24(39-27)31-14-13-21(32)29-26(31)35)15-37-41(36,30-17(4)25(34)38-16(2)3)40-20-12-8-10-18-9-6-7-11-19(18)20/h5-14,16-17,22-24,33H,1,15H2,2-4H3,(H,30,36)(H,29,32,35)/t17-,22+,23-,24+,27+,41?/m0/s1. The minimum Gasteiger partial charge on any atom is -0.462 e. The fraction of sp³-hybridized carbons (Fsp3) is 0.370. The van der Waals surface area contributed by atoms with Crippen LogP contribution in [-0.2, 0) is 23.4 Å². The second kappa shape index (κ2) is 12.1. The Morgan fingerprint density at radius 2 is 1.95 bits per heavy atom. The Morgan fingerprint density at radius 1 is 1.24 bits per heavy atom. The third-order valence-electron chi connectivity index (χ3n) is 6.36. The normalized spacial score (nSPS) is 24.6. The molecule has 1 aliphatic rings. The molecule has 1 fully saturated rings. The molecule has 6 atom stereocenters. The summed E-state index contributed by atoms with van der Waals surface area (Å²) < 4.78 is 52.9. The first-order valence-corrected chi connectivity index (χ1v) is 14.3. The van der Waals surface area contributed by atoms with Gasteiger partial charge in [-0.2, -0.15) is 5.09 Å². The van der Waals surface area contributed by atoms with E-state index in [2.05, 4.69) is 11.7 Å². The molecule has 0 saturated carbocycles. The van der Waals surface area contributed by atoms with Gasteiger partial charge in [0.05, 0.1) is 12.7 Å². The zero-order valence-electron chi connectivity index (χ0n) is 22.6. The second-order valence-corrected chi connectivity index (χ2v) is 11.4. The first kappa shape index (κ1) is 30.4. The van der Waals surface area contributed by atoms with Crippen molar-refractivity contribution in [1.82, 2.24) is 14.6 Å². The summed E-state index contributed by atoms with van der Waals surface area (Å²) in [5.74, 6) is -0.588. The summed E-state index contributed by atoms with van der Waals surface area (Å²) in [5.41, 5.74) is -3.75. The molecular weight excluding hydrogens is 560 g/mol. The van der Waals surface area contributed by atoms with Gasteiger partial charge in [0.15, 0.2) is 12.4 Å². The van der Waals surface area contributed by atoms with Crippen LogP contribution in [-0.4, -0.2) is 57.3 Å². The number of benzene rings is 2. The number of carbonyl (C=O) groups excluding carboxylic acids is 1. The number of aromatic nitrogens is 2. The van der Waals surface area contributed by atoms with E-state index in [9.17, 15) is 24.1 Å². The number of halogens is 1. The maximum Gasteiger partial charge on any atom is 0.459 e. The summed E-state index contributed by atoms with van der Waals surface area (Å²) in [5, 5.41) is 14.5. The number of esters is 1. The molecule has 0 aliphatic carbocycles. The number of aliphatic hydroxyl groups excluding tert-OH is 1. The van der Waals surface area contributed by atoms with Gasteiger partial charge in [-0.15, -0.1) is 6.58 Å². The molecule has 3 aromatic rings. The predicted molar refractivity (Wildman–Crippen MR) is 147 cm³/mol. The van der Waals surface area contributed by atoms with Gasteiger partial charge in [0.2, 0.25) is 0 Å². The minimum absolute atomic E-state index is 0.151. The van der Waals surface area contributed by atoms with Crippen molar-refractivity contribution in [2.24, 2.45) is 0 Å². The average Bonchev–Trinajstić information content (AvgIpc) is 3.17. The van der Waals surface area contributed by atoms with Crippen LogP contribution in [0.5, 0.6) is 5.75 Å². The molecule has 4 rings (SSSR count). The van der Waals surface area contributed by atoms with Crippen molar-refractivity contribution in [1.29, 1.82) is 0 Å². The van der Waals surface area contributed by atoms with Crippen molar-refractivity contribution in [3.05, 3.63) is 88.2 Å². The topological polar surface area (TPSA) is 158 Å². The highest BCUT2D eigenvalue weighted by Crippen LogP contribution is 2.49. The van der Waals surface area contributed by atoms with Gasteiger partial charge in [0, 0.05) is 17.6 Å². The van der Waals surface area contributed by atoms with Gasteiger partial charge >= 0.3 is 19.4 Å². The Balaban J connectivity index is 1.65. The van der Waals surface area contributed by atoms with Crippen LogP contribution in [0.2, 0.25) is 0 Å². The molecule has 12 nitrogen and oxygen atoms in total. The van der Waals surface area contributed by atoms with Crippen LogP contribution < -0.4 is 20.9 Å². The lowest BCUT2D eigenvalue weighted by Crippen LogP contribution is -2.43. The quantitative estimate of drug-likeness (QED) is 0.172. The number of carbonyl (C=O) groups is 1. The number of rotatable bonds is 11. The number of ether oxygens (including phenoxy) is 2. The van der Waals surface area contributed by atoms with Crippen molar-refractivity contribution in [2.45, 2.75) is 57.0 Å². The van der Waals surface area contributed by atoms with Gasteiger partial charge in [-0.05, 0) is 32.2 Å². The smallest absolute Gasteiger partial charge is 0.459 e. The first-order chi connectivity index (χ1) is 19.4. The lowest BCUT2D eigenvalue weighted by Gasteiger charge is -2.30. The van der Waals surface area contributed by atoms with E-state index in [0.717, 1.165) is 28.3 Å². The third-order valence-corrected chi connectivity index (χ3v) is 7.96. The predicted octanol–water partition coefficient (Wildman–Crippen LogP) is 2.98. The minimum atomic E-state index is -4.50. The summed E-state index contributed by atoms with van der Waals surface area (Å²) in [6, 6.07) is 12.0. The van der Waals surface area contributed by atoms with Gasteiger partial charge in [-0.1, -0.05) is 42.5 Å². The molecule has 3 N–H and O–H groups in total. The van der Waals surface area contributed by atoms with Gasteiger partial charge in [0.1, 0.15) is 23.5 Å². The number of fused-ring (bicyclic) bond motifs is 1. The molecule has 1 aromatic heterocycles. The number of aromatic amines is 1. The molecule has 41 heavy (non-hydrogen) atoms. The van der Waals surface area contributed by atoms with E-state index in [-0.39, 0.29) is 5.75 Å². The molecule has 2 aromatic carbocycles. The summed E-state index contributed by atoms with van der Waals surface area (Å²) in [6.45, 7) is 7.46. The highest BCUT2D eigenvalue weighted by molar-refractivity contribution is 7.52. The SMILES string of the molecule is C=C[C@]1(COP(=O)(N[C@@H](C)C(=O)OC(C)C)Oc2cccc3ccccc23)O[C@@H](n2ccc(=O)[nH]c2=O)[C@H](O)[C@@H]1F. The number of nitrogens with one attached hydrogen (secondary N) is 2. The fourth-order valence-corrected chi connectivity index (χ4v) is 5.83. The van der Waals surface area contributed by atoms with Crippen molar-refractivity contribution in [2.75, 3.05) is 6.61 Å². The highest BCUT2D eigenvalue weighted by Gasteiger charge is 2.56. The van der Waals surface area contributed by atoms with Crippen LogP contribution in [0, 0.1) is 0 Å². The third kappa shape index (κ3) is 6.50. The second-order valence-electron chi connectivity index (χ2n) is 9.75. The number of hydrogen-bond acceptors (Lipinski definition) is 9. The molecule has 1 saturated heterocycles. The fourth-order valence-electron chi connectivity index (χ4n) is 4.28. The molecule has 2 heterocycles. The van der Waals surface area contributed by atoms with Crippen molar-refractivity contribution in [3.63, 3.8) is 0 Å². The van der Waals surface area contributed by atoms with Crippen LogP contribution in [0.1, 0.15) is 27.0 Å². The van der Waals surface area contributed by atoms with E-state index < -0.39 is 67.8 Å². The van der Waals surface area contributed by atoms with Crippen LogP contribution in [0.3, 0.4) is 0 Å². The Bertz CT molecular complexity index is 1590. The molecule has 220 valence electrons. The molecule has 1 unspecified atom stereocenters. The van der Waals surface area contributed by atoms with E-state index in [1.54, 1.807) is 38.1 Å². The summed E-state index contributed by atoms with van der Waals surface area (Å²) >= 11 is 0. The Kier molecular flexibility index (Phi) is 8.95. The van der Waals surface area contributed by atoms with E-state index >= 15 is 4.39 Å². The number of nitrogens with zero attached hydrogens (tertiary/aromatic N) is 1.